The third kappa shape index (κ3) is 6.40. The number of fused-ring (bicyclic) bond motifs is 3. The molecule has 1 aromatic carbocycles. The van der Waals surface area contributed by atoms with Crippen LogP contribution in [-0.2, 0) is 15.7 Å². The van der Waals surface area contributed by atoms with Gasteiger partial charge in [0, 0.05) is 43.0 Å². The molecule has 0 spiro atoms. The summed E-state index contributed by atoms with van der Waals surface area (Å²) in [5, 5.41) is 23.9. The third-order valence-electron chi connectivity index (χ3n) is 13.2. The zero-order chi connectivity index (χ0) is 35.1. The van der Waals surface area contributed by atoms with Crippen LogP contribution in [-0.4, -0.2) is 74.7 Å². The van der Waals surface area contributed by atoms with Crippen molar-refractivity contribution in [3.8, 4) is 16.9 Å². The number of aliphatic hydroxyl groups excluding tert-OH is 1. The maximum Gasteiger partial charge on any atom is 0.407 e. The van der Waals surface area contributed by atoms with Crippen LogP contribution in [0.3, 0.4) is 0 Å². The summed E-state index contributed by atoms with van der Waals surface area (Å²) in [6.45, 7) is 4.91. The van der Waals surface area contributed by atoms with E-state index in [0.29, 0.717) is 38.0 Å². The normalized spacial score (nSPS) is 27.0. The summed E-state index contributed by atoms with van der Waals surface area (Å²) in [5.74, 6) is 1.51. The highest BCUT2D eigenvalue weighted by molar-refractivity contribution is 5.95. The first-order valence-corrected chi connectivity index (χ1v) is 18.7. The summed E-state index contributed by atoms with van der Waals surface area (Å²) in [7, 11) is 1.73. The minimum Gasteiger partial charge on any atom is -0.496 e. The fraction of sp³-hybridized carbons (Fsp3) is 0.600. The molecule has 0 unspecified atom stereocenters. The van der Waals surface area contributed by atoms with Crippen molar-refractivity contribution in [2.24, 2.45) is 11.3 Å². The van der Waals surface area contributed by atoms with Gasteiger partial charge >= 0.3 is 6.09 Å². The molecule has 5 fully saturated rings. The zero-order valence-electron chi connectivity index (χ0n) is 29.9. The van der Waals surface area contributed by atoms with Crippen LogP contribution in [0.1, 0.15) is 102 Å². The van der Waals surface area contributed by atoms with Crippen LogP contribution in [0.4, 0.5) is 10.6 Å². The molecule has 0 aliphatic heterocycles. The number of methoxy groups -OCH3 is 1. The average molecular weight is 684 g/mol. The van der Waals surface area contributed by atoms with E-state index in [2.05, 4.69) is 49.0 Å². The maximum absolute atomic E-state index is 14.7. The molecule has 5 aliphatic rings. The summed E-state index contributed by atoms with van der Waals surface area (Å²) < 4.78 is 7.65. The number of aromatic nitrogens is 3. The van der Waals surface area contributed by atoms with E-state index in [1.807, 2.05) is 23.4 Å². The van der Waals surface area contributed by atoms with Crippen LogP contribution < -0.4 is 9.64 Å². The maximum atomic E-state index is 14.7. The molecule has 2 heterocycles. The summed E-state index contributed by atoms with van der Waals surface area (Å²) >= 11 is 0. The number of aryl methyl sites for hydroxylation is 1. The molecular weight excluding hydrogens is 630 g/mol. The van der Waals surface area contributed by atoms with Crippen molar-refractivity contribution in [3.05, 3.63) is 60.0 Å². The van der Waals surface area contributed by atoms with E-state index in [0.717, 1.165) is 68.2 Å². The van der Waals surface area contributed by atoms with Gasteiger partial charge in [-0.05, 0) is 143 Å². The Bertz CT molecular complexity index is 1680. The zero-order valence-corrected chi connectivity index (χ0v) is 29.9. The Morgan fingerprint density at radius 3 is 2.30 bits per heavy atom. The van der Waals surface area contributed by atoms with Crippen molar-refractivity contribution in [3.63, 3.8) is 0 Å². The van der Waals surface area contributed by atoms with Crippen molar-refractivity contribution in [2.45, 2.75) is 114 Å². The second-order valence-corrected chi connectivity index (χ2v) is 16.0. The first-order chi connectivity index (χ1) is 24.1. The van der Waals surface area contributed by atoms with Gasteiger partial charge in [-0.1, -0.05) is 12.1 Å². The fourth-order valence-corrected chi connectivity index (χ4v) is 9.58. The lowest BCUT2D eigenvalue weighted by Gasteiger charge is -2.55. The molecule has 10 nitrogen and oxygen atoms in total. The van der Waals surface area contributed by atoms with Gasteiger partial charge in [0.25, 0.3) is 0 Å². The lowest BCUT2D eigenvalue weighted by atomic mass is 9.51. The van der Waals surface area contributed by atoms with Crippen molar-refractivity contribution >= 4 is 17.8 Å². The van der Waals surface area contributed by atoms with Crippen LogP contribution in [0.2, 0.25) is 0 Å². The Morgan fingerprint density at radius 2 is 1.70 bits per heavy atom. The SMILES string of the molecule is COc1ccc(C23CCC(CN(c4cc(-c5cnn(C6(C)CCC6)c5)ccn4)C(=O)[C@H]4CC[C@H](N(CCO)C(=O)O)CC4)(CC2)CC3)cc1C. The molecule has 268 valence electrons. The highest BCUT2D eigenvalue weighted by atomic mass is 16.5. The molecule has 2 aromatic heterocycles. The number of ether oxygens (including phenoxy) is 1. The lowest BCUT2D eigenvalue weighted by molar-refractivity contribution is -0.124. The van der Waals surface area contributed by atoms with Crippen LogP contribution in [0.5, 0.6) is 5.75 Å². The smallest absolute Gasteiger partial charge is 0.407 e. The predicted molar refractivity (Wildman–Crippen MR) is 192 cm³/mol. The molecule has 2 N–H and O–H groups in total. The summed E-state index contributed by atoms with van der Waals surface area (Å²) in [6, 6.07) is 10.6. The minimum absolute atomic E-state index is 0.0265. The molecule has 0 radical (unpaired) electrons. The van der Waals surface area contributed by atoms with Gasteiger partial charge in [0.15, 0.2) is 0 Å². The molecule has 8 rings (SSSR count). The van der Waals surface area contributed by atoms with E-state index in [-0.39, 0.29) is 47.4 Å². The molecule has 10 heteroatoms. The first-order valence-electron chi connectivity index (χ1n) is 18.7. The second kappa shape index (κ2) is 13.7. The Hall–Kier alpha value is -3.92. The molecule has 0 atom stereocenters. The molecule has 0 saturated heterocycles. The molecule has 3 aromatic rings. The van der Waals surface area contributed by atoms with Crippen LogP contribution in [0, 0.1) is 18.3 Å². The molecule has 50 heavy (non-hydrogen) atoms. The van der Waals surface area contributed by atoms with Crippen LogP contribution >= 0.6 is 0 Å². The Balaban J connectivity index is 1.14. The van der Waals surface area contributed by atoms with Crippen molar-refractivity contribution in [1.82, 2.24) is 19.7 Å². The number of nitrogens with zero attached hydrogens (tertiary/aromatic N) is 5. The van der Waals surface area contributed by atoms with Crippen LogP contribution in [0.25, 0.3) is 11.1 Å². The number of carboxylic acid groups (broad SMARTS) is 1. The summed E-state index contributed by atoms with van der Waals surface area (Å²) in [6.07, 6.45) is 17.3. The first kappa shape index (κ1) is 34.5. The number of aliphatic hydroxyl groups is 1. The van der Waals surface area contributed by atoms with E-state index >= 15 is 0 Å². The van der Waals surface area contributed by atoms with E-state index in [1.165, 1.54) is 22.4 Å². The second-order valence-electron chi connectivity index (χ2n) is 16.0. The molecular formula is C40H53N5O5. The highest BCUT2D eigenvalue weighted by Crippen LogP contribution is 2.58. The Labute approximate surface area is 295 Å². The number of hydrogen-bond acceptors (Lipinski definition) is 6. The number of pyridine rings is 1. The number of rotatable bonds is 11. The monoisotopic (exact) mass is 683 g/mol. The largest absolute Gasteiger partial charge is 0.496 e. The van der Waals surface area contributed by atoms with Gasteiger partial charge in [-0.3, -0.25) is 14.4 Å². The Kier molecular flexibility index (Phi) is 9.43. The molecule has 2 amide bonds. The van der Waals surface area contributed by atoms with Gasteiger partial charge in [0.1, 0.15) is 11.6 Å². The average Bonchev–Trinajstić information content (AvgIpc) is 3.63. The van der Waals surface area contributed by atoms with Crippen LogP contribution in [0.15, 0.2) is 48.9 Å². The van der Waals surface area contributed by atoms with Crippen molar-refractivity contribution in [2.75, 3.05) is 31.7 Å². The predicted octanol–water partition coefficient (Wildman–Crippen LogP) is 7.32. The third-order valence-corrected chi connectivity index (χ3v) is 13.2. The number of anilines is 1. The number of hydrogen-bond donors (Lipinski definition) is 2. The number of carbonyl (C=O) groups is 2. The van der Waals surface area contributed by atoms with Gasteiger partial charge in [-0.15, -0.1) is 0 Å². The fourth-order valence-electron chi connectivity index (χ4n) is 9.58. The van der Waals surface area contributed by atoms with E-state index in [1.54, 1.807) is 7.11 Å². The topological polar surface area (TPSA) is 121 Å². The number of amides is 2. The molecule has 5 aliphatic carbocycles. The van der Waals surface area contributed by atoms with Gasteiger partial charge in [-0.25, -0.2) is 9.78 Å². The van der Waals surface area contributed by atoms with Gasteiger partial charge < -0.3 is 19.8 Å². The van der Waals surface area contributed by atoms with Crippen molar-refractivity contribution in [1.29, 1.82) is 0 Å². The van der Waals surface area contributed by atoms with Gasteiger partial charge in [0.05, 0.1) is 25.5 Å². The highest BCUT2D eigenvalue weighted by Gasteiger charge is 2.51. The number of carbonyl (C=O) groups excluding carboxylic acids is 1. The number of benzene rings is 1. The minimum atomic E-state index is -1.01. The standard InChI is InChI=1S/C40H53N5O5/c1-28-23-32(7-10-34(28)50-3)40-17-14-39(15-18-40,16-19-40)27-44(36(47)29-5-8-33(9-6-29)43(21-22-46)37(48)49)35-24-30(11-20-41-35)31-25-42-45(26-31)38(2)12-4-13-38/h7,10-11,20,23-26,29,33,46H,4-6,8-9,12-19,21-22,27H2,1-3H3,(H,48,49)/t29-,33-,39?,40?. The van der Waals surface area contributed by atoms with E-state index in [9.17, 15) is 19.8 Å². The van der Waals surface area contributed by atoms with E-state index in [4.69, 9.17) is 14.8 Å². The van der Waals surface area contributed by atoms with Gasteiger partial charge in [-0.2, -0.15) is 5.10 Å². The summed E-state index contributed by atoms with van der Waals surface area (Å²) in [5.41, 5.74) is 4.89. The van der Waals surface area contributed by atoms with Gasteiger partial charge in [0.2, 0.25) is 5.91 Å². The van der Waals surface area contributed by atoms with E-state index < -0.39 is 6.09 Å². The van der Waals surface area contributed by atoms with Crippen molar-refractivity contribution < 1.29 is 24.5 Å². The molecule has 5 saturated carbocycles. The summed E-state index contributed by atoms with van der Waals surface area (Å²) in [4.78, 5) is 34.7. The quantitative estimate of drug-likeness (QED) is 0.217. The Morgan fingerprint density at radius 1 is 0.980 bits per heavy atom. The lowest BCUT2D eigenvalue weighted by Crippen LogP contribution is -2.52. The molecule has 2 bridgehead atoms.